The van der Waals surface area contributed by atoms with E-state index in [1.807, 2.05) is 35.2 Å². The van der Waals surface area contributed by atoms with Crippen LogP contribution in [0.5, 0.6) is 11.5 Å². The highest BCUT2D eigenvalue weighted by Crippen LogP contribution is 2.38. The molecule has 28 heavy (non-hydrogen) atoms. The average molecular weight is 419 g/mol. The average Bonchev–Trinajstić information content (AvgIpc) is 2.73. The van der Waals surface area contributed by atoms with Crippen molar-refractivity contribution in [3.8, 4) is 11.5 Å². The molecule has 0 N–H and O–H groups in total. The Kier molecular flexibility index (Phi) is 5.64. The molecule has 1 amide bonds. The highest BCUT2D eigenvalue weighted by atomic mass is 35.5. The molecular weight excluding hydrogens is 399 g/mol. The van der Waals surface area contributed by atoms with Gasteiger partial charge in [-0.15, -0.1) is 0 Å². The number of halogens is 2. The molecule has 2 aliphatic heterocycles. The van der Waals surface area contributed by atoms with Crippen LogP contribution in [-0.2, 0) is 4.79 Å². The van der Waals surface area contributed by atoms with Crippen molar-refractivity contribution in [2.45, 2.75) is 0 Å². The number of carbonyl (C=O) groups excluding carboxylic acids is 1. The monoisotopic (exact) mass is 418 g/mol. The Morgan fingerprint density at radius 2 is 1.71 bits per heavy atom. The van der Waals surface area contributed by atoms with E-state index in [9.17, 15) is 4.79 Å². The molecule has 0 atom stereocenters. The van der Waals surface area contributed by atoms with Crippen LogP contribution in [0.15, 0.2) is 42.5 Å². The van der Waals surface area contributed by atoms with Crippen LogP contribution in [0.4, 0.5) is 5.69 Å². The molecule has 146 valence electrons. The number of fused-ring (bicyclic) bond motifs is 1. The van der Waals surface area contributed by atoms with E-state index in [0.717, 1.165) is 29.4 Å². The predicted octanol–water partition coefficient (Wildman–Crippen LogP) is 4.13. The molecule has 4 rings (SSSR count). The molecule has 0 aromatic heterocycles. The zero-order valence-corrected chi connectivity index (χ0v) is 16.7. The third-order valence-corrected chi connectivity index (χ3v) is 5.42. The number of rotatable bonds is 3. The Morgan fingerprint density at radius 3 is 2.50 bits per heavy atom. The summed E-state index contributed by atoms with van der Waals surface area (Å²) in [6.45, 7) is 3.77. The molecule has 2 aliphatic rings. The van der Waals surface area contributed by atoms with Crippen LogP contribution >= 0.6 is 23.2 Å². The Bertz CT molecular complexity index is 909. The largest absolute Gasteiger partial charge is 0.486 e. The molecule has 0 bridgehead atoms. The van der Waals surface area contributed by atoms with E-state index in [-0.39, 0.29) is 5.91 Å². The van der Waals surface area contributed by atoms with Crippen LogP contribution < -0.4 is 14.4 Å². The molecule has 2 aromatic rings. The van der Waals surface area contributed by atoms with Gasteiger partial charge in [-0.05, 0) is 35.9 Å². The second-order valence-electron chi connectivity index (χ2n) is 6.62. The van der Waals surface area contributed by atoms with Crippen molar-refractivity contribution >= 4 is 40.9 Å². The molecular formula is C21H20Cl2N2O3. The highest BCUT2D eigenvalue weighted by molar-refractivity contribution is 6.33. The van der Waals surface area contributed by atoms with Gasteiger partial charge in [-0.3, -0.25) is 4.79 Å². The minimum Gasteiger partial charge on any atom is -0.486 e. The molecule has 0 spiro atoms. The second-order valence-corrected chi connectivity index (χ2v) is 7.44. The number of amides is 1. The van der Waals surface area contributed by atoms with Crippen molar-refractivity contribution in [3.63, 3.8) is 0 Å². The maximum Gasteiger partial charge on any atom is 0.246 e. The third-order valence-electron chi connectivity index (χ3n) is 4.82. The maximum absolute atomic E-state index is 12.6. The minimum absolute atomic E-state index is 0.0233. The summed E-state index contributed by atoms with van der Waals surface area (Å²) in [5, 5.41) is 1.22. The Morgan fingerprint density at radius 1 is 0.964 bits per heavy atom. The Balaban J connectivity index is 1.38. The van der Waals surface area contributed by atoms with Crippen LogP contribution in [0.2, 0.25) is 10.0 Å². The standard InChI is InChI=1S/C21H20Cl2N2O3/c22-16-3-1-2-4-18(16)24-7-9-25(10-8-24)20(26)6-5-15-13-17(23)21-19(14-15)27-11-12-28-21/h1-6,13-14H,7-12H2/b6-5+. The van der Waals surface area contributed by atoms with Gasteiger partial charge in [-0.1, -0.05) is 35.3 Å². The molecule has 2 aromatic carbocycles. The van der Waals surface area contributed by atoms with E-state index in [4.69, 9.17) is 32.7 Å². The first-order chi connectivity index (χ1) is 13.6. The highest BCUT2D eigenvalue weighted by Gasteiger charge is 2.21. The number of carbonyl (C=O) groups is 1. The van der Waals surface area contributed by atoms with Gasteiger partial charge in [-0.25, -0.2) is 0 Å². The van der Waals surface area contributed by atoms with Gasteiger partial charge < -0.3 is 19.3 Å². The van der Waals surface area contributed by atoms with E-state index >= 15 is 0 Å². The fourth-order valence-electron chi connectivity index (χ4n) is 3.38. The van der Waals surface area contributed by atoms with E-state index in [1.165, 1.54) is 0 Å². The zero-order valence-electron chi connectivity index (χ0n) is 15.2. The quantitative estimate of drug-likeness (QED) is 0.702. The zero-order chi connectivity index (χ0) is 19.5. The van der Waals surface area contributed by atoms with Gasteiger partial charge in [0.25, 0.3) is 0 Å². The van der Waals surface area contributed by atoms with Gasteiger partial charge in [0.2, 0.25) is 5.91 Å². The normalized spacial score (nSPS) is 16.5. The van der Waals surface area contributed by atoms with Crippen molar-refractivity contribution in [3.05, 3.63) is 58.1 Å². The molecule has 1 saturated heterocycles. The van der Waals surface area contributed by atoms with Gasteiger partial charge in [0, 0.05) is 32.3 Å². The van der Waals surface area contributed by atoms with Crippen molar-refractivity contribution < 1.29 is 14.3 Å². The summed E-state index contributed by atoms with van der Waals surface area (Å²) in [6, 6.07) is 11.4. The summed E-state index contributed by atoms with van der Waals surface area (Å²) < 4.78 is 11.1. The van der Waals surface area contributed by atoms with Gasteiger partial charge in [0.1, 0.15) is 13.2 Å². The van der Waals surface area contributed by atoms with E-state index in [1.54, 1.807) is 18.2 Å². The van der Waals surface area contributed by atoms with Crippen LogP contribution in [0.3, 0.4) is 0 Å². The SMILES string of the molecule is O=C(/C=C/c1cc(Cl)c2c(c1)OCCO2)N1CCN(c2ccccc2Cl)CC1. The lowest BCUT2D eigenvalue weighted by molar-refractivity contribution is -0.126. The van der Waals surface area contributed by atoms with E-state index in [2.05, 4.69) is 4.90 Å². The van der Waals surface area contributed by atoms with Gasteiger partial charge >= 0.3 is 0 Å². The first kappa shape index (κ1) is 19.0. The number of ether oxygens (including phenoxy) is 2. The molecule has 7 heteroatoms. The lowest BCUT2D eigenvalue weighted by Gasteiger charge is -2.36. The van der Waals surface area contributed by atoms with Crippen molar-refractivity contribution in [1.82, 2.24) is 4.90 Å². The summed E-state index contributed by atoms with van der Waals surface area (Å²) in [7, 11) is 0. The summed E-state index contributed by atoms with van der Waals surface area (Å²) in [4.78, 5) is 16.6. The first-order valence-corrected chi connectivity index (χ1v) is 9.93. The molecule has 0 unspecified atom stereocenters. The van der Waals surface area contributed by atoms with Gasteiger partial charge in [-0.2, -0.15) is 0 Å². The lowest BCUT2D eigenvalue weighted by atomic mass is 10.1. The first-order valence-electron chi connectivity index (χ1n) is 9.17. The number of benzene rings is 2. The van der Waals surface area contributed by atoms with Crippen LogP contribution in [0.1, 0.15) is 5.56 Å². The smallest absolute Gasteiger partial charge is 0.246 e. The van der Waals surface area contributed by atoms with Crippen LogP contribution in [0.25, 0.3) is 6.08 Å². The maximum atomic E-state index is 12.6. The number of anilines is 1. The summed E-state index contributed by atoms with van der Waals surface area (Å²) >= 11 is 12.5. The lowest BCUT2D eigenvalue weighted by Crippen LogP contribution is -2.48. The summed E-state index contributed by atoms with van der Waals surface area (Å²) in [6.07, 6.45) is 3.33. The Labute approximate surface area is 174 Å². The van der Waals surface area contributed by atoms with Crippen LogP contribution in [-0.4, -0.2) is 50.2 Å². The molecule has 0 aliphatic carbocycles. The number of para-hydroxylation sites is 1. The fourth-order valence-corrected chi connectivity index (χ4v) is 3.90. The summed E-state index contributed by atoms with van der Waals surface area (Å²) in [5.41, 5.74) is 1.81. The molecule has 0 radical (unpaired) electrons. The minimum atomic E-state index is -0.0233. The number of hydrogen-bond donors (Lipinski definition) is 0. The second kappa shape index (κ2) is 8.33. The van der Waals surface area contributed by atoms with Crippen LogP contribution in [0, 0.1) is 0 Å². The number of piperazine rings is 1. The molecule has 2 heterocycles. The van der Waals surface area contributed by atoms with Gasteiger partial charge in [0.05, 0.1) is 15.7 Å². The number of nitrogens with zero attached hydrogens (tertiary/aromatic N) is 2. The molecule has 5 nitrogen and oxygen atoms in total. The Hall–Kier alpha value is -2.37. The third kappa shape index (κ3) is 4.05. The van der Waals surface area contributed by atoms with Crippen molar-refractivity contribution in [1.29, 1.82) is 0 Å². The summed E-state index contributed by atoms with van der Waals surface area (Å²) in [5.74, 6) is 1.15. The topological polar surface area (TPSA) is 42.0 Å². The van der Waals surface area contributed by atoms with Crippen molar-refractivity contribution in [2.24, 2.45) is 0 Å². The molecule has 0 saturated carbocycles. The predicted molar refractivity (Wildman–Crippen MR) is 112 cm³/mol. The van der Waals surface area contributed by atoms with E-state index < -0.39 is 0 Å². The molecule has 1 fully saturated rings. The fraction of sp³-hybridized carbons (Fsp3) is 0.286. The van der Waals surface area contributed by atoms with Gasteiger partial charge in [0.15, 0.2) is 11.5 Å². The van der Waals surface area contributed by atoms with E-state index in [0.29, 0.717) is 42.8 Å². The number of hydrogen-bond acceptors (Lipinski definition) is 4. The van der Waals surface area contributed by atoms with Crippen molar-refractivity contribution in [2.75, 3.05) is 44.3 Å².